The molecular weight excluding hydrogens is 242 g/mol. The van der Waals surface area contributed by atoms with E-state index in [0.717, 1.165) is 22.0 Å². The van der Waals surface area contributed by atoms with E-state index in [0.29, 0.717) is 11.5 Å². The van der Waals surface area contributed by atoms with Crippen LogP contribution >= 0.6 is 0 Å². The molecule has 0 bridgehead atoms. The number of hydrogen-bond acceptors (Lipinski definition) is 5. The summed E-state index contributed by atoms with van der Waals surface area (Å²) in [6, 6.07) is 1.93. The lowest BCUT2D eigenvalue weighted by molar-refractivity contribution is 0.901. The molecule has 7 heteroatoms. The minimum Gasteiger partial charge on any atom is -0.383 e. The fourth-order valence-electron chi connectivity index (χ4n) is 2.17. The SMILES string of the molecule is Nc1ncnc2c1cnn2-c1c[nH]c2cnccc12. The maximum Gasteiger partial charge on any atom is 0.168 e. The van der Waals surface area contributed by atoms with Gasteiger partial charge in [0.25, 0.3) is 0 Å². The van der Waals surface area contributed by atoms with Gasteiger partial charge in [0.2, 0.25) is 0 Å². The zero-order valence-electron chi connectivity index (χ0n) is 9.78. The quantitative estimate of drug-likeness (QED) is 0.531. The first-order valence-electron chi connectivity index (χ1n) is 5.70. The Morgan fingerprint density at radius 2 is 2.11 bits per heavy atom. The molecule has 0 amide bonds. The fourth-order valence-corrected chi connectivity index (χ4v) is 2.17. The predicted octanol–water partition coefficient (Wildman–Crippen LogP) is 1.27. The van der Waals surface area contributed by atoms with Crippen LogP contribution in [-0.4, -0.2) is 29.7 Å². The van der Waals surface area contributed by atoms with Crippen molar-refractivity contribution >= 4 is 27.8 Å². The molecule has 92 valence electrons. The molecule has 3 N–H and O–H groups in total. The summed E-state index contributed by atoms with van der Waals surface area (Å²) in [5, 5.41) is 6.11. The first kappa shape index (κ1) is 10.0. The van der Waals surface area contributed by atoms with E-state index < -0.39 is 0 Å². The van der Waals surface area contributed by atoms with E-state index in [4.69, 9.17) is 5.73 Å². The second-order valence-electron chi connectivity index (χ2n) is 4.15. The molecule has 4 aromatic heterocycles. The maximum absolute atomic E-state index is 5.81. The van der Waals surface area contributed by atoms with E-state index in [9.17, 15) is 0 Å². The largest absolute Gasteiger partial charge is 0.383 e. The van der Waals surface area contributed by atoms with Crippen LogP contribution in [0.25, 0.3) is 27.6 Å². The molecule has 0 spiro atoms. The highest BCUT2D eigenvalue weighted by atomic mass is 15.3. The Hall–Kier alpha value is -2.96. The van der Waals surface area contributed by atoms with E-state index in [-0.39, 0.29) is 0 Å². The van der Waals surface area contributed by atoms with Crippen LogP contribution in [0, 0.1) is 0 Å². The van der Waals surface area contributed by atoms with Crippen LogP contribution in [0.4, 0.5) is 5.82 Å². The van der Waals surface area contributed by atoms with Crippen molar-refractivity contribution in [3.8, 4) is 5.69 Å². The van der Waals surface area contributed by atoms with Crippen LogP contribution in [0.2, 0.25) is 0 Å². The average Bonchev–Trinajstić information content (AvgIpc) is 3.02. The van der Waals surface area contributed by atoms with Crippen molar-refractivity contribution in [2.75, 3.05) is 5.73 Å². The molecule has 0 unspecified atom stereocenters. The minimum absolute atomic E-state index is 0.428. The number of pyridine rings is 1. The van der Waals surface area contributed by atoms with Crippen LogP contribution in [0.5, 0.6) is 0 Å². The second kappa shape index (κ2) is 3.52. The molecule has 7 nitrogen and oxygen atoms in total. The topological polar surface area (TPSA) is 98.3 Å². The first-order valence-corrected chi connectivity index (χ1v) is 5.70. The van der Waals surface area contributed by atoms with Gasteiger partial charge in [0.15, 0.2) is 5.65 Å². The molecule has 4 heterocycles. The van der Waals surface area contributed by atoms with Crippen LogP contribution in [0.3, 0.4) is 0 Å². The van der Waals surface area contributed by atoms with Gasteiger partial charge in [-0.05, 0) is 6.07 Å². The standard InChI is InChI=1S/C12H9N7/c13-11-8-3-18-19(12(8)17-6-16-11)10-5-15-9-4-14-2-1-7(9)10/h1-6,15H,(H2,13,16,17). The number of aromatic amines is 1. The molecule has 4 aromatic rings. The molecule has 0 aromatic carbocycles. The van der Waals surface area contributed by atoms with Gasteiger partial charge in [-0.15, -0.1) is 0 Å². The molecule has 0 saturated heterocycles. The number of rotatable bonds is 1. The fraction of sp³-hybridized carbons (Fsp3) is 0. The van der Waals surface area contributed by atoms with Crippen molar-refractivity contribution < 1.29 is 0 Å². The van der Waals surface area contributed by atoms with Gasteiger partial charge in [0, 0.05) is 17.8 Å². The summed E-state index contributed by atoms with van der Waals surface area (Å²) in [4.78, 5) is 15.4. The normalized spacial score (nSPS) is 11.4. The number of nitrogen functional groups attached to an aromatic ring is 1. The van der Waals surface area contributed by atoms with Crippen molar-refractivity contribution in [3.63, 3.8) is 0 Å². The van der Waals surface area contributed by atoms with Gasteiger partial charge in [-0.3, -0.25) is 4.98 Å². The van der Waals surface area contributed by atoms with Crippen molar-refractivity contribution in [2.45, 2.75) is 0 Å². The molecule has 0 aliphatic heterocycles. The summed E-state index contributed by atoms with van der Waals surface area (Å²) in [5.74, 6) is 0.428. The van der Waals surface area contributed by atoms with Gasteiger partial charge in [0.1, 0.15) is 12.1 Å². The summed E-state index contributed by atoms with van der Waals surface area (Å²) < 4.78 is 1.74. The molecule has 0 fully saturated rings. The van der Waals surface area contributed by atoms with Crippen LogP contribution in [0.15, 0.2) is 37.2 Å². The number of nitrogens with zero attached hydrogens (tertiary/aromatic N) is 5. The highest BCUT2D eigenvalue weighted by Gasteiger charge is 2.12. The monoisotopic (exact) mass is 251 g/mol. The third-order valence-corrected chi connectivity index (χ3v) is 3.09. The molecule has 0 saturated carbocycles. The number of aromatic nitrogens is 6. The van der Waals surface area contributed by atoms with E-state index in [1.807, 2.05) is 12.3 Å². The highest BCUT2D eigenvalue weighted by Crippen LogP contribution is 2.24. The van der Waals surface area contributed by atoms with Crippen molar-refractivity contribution in [2.24, 2.45) is 0 Å². The summed E-state index contributed by atoms with van der Waals surface area (Å²) in [7, 11) is 0. The van der Waals surface area contributed by atoms with E-state index in [1.54, 1.807) is 23.3 Å². The summed E-state index contributed by atoms with van der Waals surface area (Å²) in [6.07, 6.45) is 8.50. The number of nitrogens with two attached hydrogens (primary N) is 1. The number of fused-ring (bicyclic) bond motifs is 2. The van der Waals surface area contributed by atoms with Crippen molar-refractivity contribution in [3.05, 3.63) is 37.2 Å². The molecule has 0 aliphatic rings. The zero-order valence-corrected chi connectivity index (χ0v) is 9.78. The van der Waals surface area contributed by atoms with Crippen LogP contribution in [0.1, 0.15) is 0 Å². The van der Waals surface area contributed by atoms with Gasteiger partial charge >= 0.3 is 0 Å². The Balaban J connectivity index is 2.07. The van der Waals surface area contributed by atoms with Crippen molar-refractivity contribution in [1.29, 1.82) is 0 Å². The van der Waals surface area contributed by atoms with Gasteiger partial charge < -0.3 is 10.7 Å². The summed E-state index contributed by atoms with van der Waals surface area (Å²) in [5.41, 5.74) is 8.35. The molecule has 19 heavy (non-hydrogen) atoms. The van der Waals surface area contributed by atoms with Gasteiger partial charge in [0.05, 0.1) is 29.0 Å². The predicted molar refractivity (Wildman–Crippen MR) is 70.7 cm³/mol. The van der Waals surface area contributed by atoms with Crippen LogP contribution < -0.4 is 5.73 Å². The molecular formula is C12H9N7. The second-order valence-corrected chi connectivity index (χ2v) is 4.15. The Bertz CT molecular complexity index is 889. The Morgan fingerprint density at radius 3 is 3.05 bits per heavy atom. The lowest BCUT2D eigenvalue weighted by atomic mass is 10.3. The van der Waals surface area contributed by atoms with Gasteiger partial charge in [-0.25, -0.2) is 14.6 Å². The lowest BCUT2D eigenvalue weighted by Crippen LogP contribution is -1.98. The third-order valence-electron chi connectivity index (χ3n) is 3.09. The number of nitrogens with one attached hydrogen (secondary N) is 1. The zero-order chi connectivity index (χ0) is 12.8. The number of hydrogen-bond donors (Lipinski definition) is 2. The van der Waals surface area contributed by atoms with E-state index >= 15 is 0 Å². The highest BCUT2D eigenvalue weighted by molar-refractivity contribution is 5.91. The number of anilines is 1. The van der Waals surface area contributed by atoms with E-state index in [2.05, 4.69) is 25.0 Å². The molecule has 0 atom stereocenters. The third kappa shape index (κ3) is 1.32. The van der Waals surface area contributed by atoms with Crippen molar-refractivity contribution in [1.82, 2.24) is 29.7 Å². The first-order chi connectivity index (χ1) is 9.34. The Morgan fingerprint density at radius 1 is 1.16 bits per heavy atom. The molecule has 0 aliphatic carbocycles. The Kier molecular flexibility index (Phi) is 1.85. The smallest absolute Gasteiger partial charge is 0.168 e. The molecule has 0 radical (unpaired) electrons. The average molecular weight is 251 g/mol. The van der Waals surface area contributed by atoms with Gasteiger partial charge in [-0.2, -0.15) is 5.10 Å². The summed E-state index contributed by atoms with van der Waals surface area (Å²) in [6.45, 7) is 0. The lowest BCUT2D eigenvalue weighted by Gasteiger charge is -2.00. The summed E-state index contributed by atoms with van der Waals surface area (Å²) >= 11 is 0. The van der Waals surface area contributed by atoms with Crippen LogP contribution in [-0.2, 0) is 0 Å². The number of H-pyrrole nitrogens is 1. The molecule has 4 rings (SSSR count). The van der Waals surface area contributed by atoms with Gasteiger partial charge in [-0.1, -0.05) is 0 Å². The van der Waals surface area contributed by atoms with E-state index in [1.165, 1.54) is 6.33 Å². The minimum atomic E-state index is 0.428. The Labute approximate surface area is 107 Å². The maximum atomic E-state index is 5.81.